The van der Waals surface area contributed by atoms with Crippen molar-refractivity contribution in [3.8, 4) is 12.3 Å². The molecule has 24 heavy (non-hydrogen) atoms. The van der Waals surface area contributed by atoms with E-state index in [4.69, 9.17) is 23.8 Å². The Bertz CT molecular complexity index is 929. The average Bonchev–Trinajstić information content (AvgIpc) is 2.91. The van der Waals surface area contributed by atoms with Crippen LogP contribution in [-0.2, 0) is 6.54 Å². The Morgan fingerprint density at radius 2 is 2.21 bits per heavy atom. The molecule has 0 spiro atoms. The lowest BCUT2D eigenvalue weighted by Gasteiger charge is -2.08. The van der Waals surface area contributed by atoms with Crippen LogP contribution in [0.2, 0.25) is 5.02 Å². The minimum atomic E-state index is 0.379. The second kappa shape index (κ2) is 7.12. The van der Waals surface area contributed by atoms with E-state index >= 15 is 0 Å². The van der Waals surface area contributed by atoms with E-state index in [0.29, 0.717) is 17.8 Å². The first-order valence-corrected chi connectivity index (χ1v) is 8.63. The van der Waals surface area contributed by atoms with Crippen LogP contribution in [0, 0.1) is 19.3 Å². The molecular formula is C17H16ClN5S. The van der Waals surface area contributed by atoms with Crippen LogP contribution in [0.3, 0.4) is 0 Å². The molecule has 0 radical (unpaired) electrons. The fourth-order valence-corrected chi connectivity index (χ4v) is 3.46. The molecule has 0 bridgehead atoms. The zero-order valence-corrected chi connectivity index (χ0v) is 14.7. The molecule has 2 N–H and O–H groups in total. The fraction of sp³-hybridized carbons (Fsp3) is 0.235. The molecule has 0 aliphatic carbocycles. The van der Waals surface area contributed by atoms with Gasteiger partial charge >= 0.3 is 0 Å². The standard InChI is InChI=1S/C17H16ClN5S/c1-3-4-5-8-23-16-14(15(19)20-10-21-16)22-17(23)24-12-6-7-13(18)11(2)9-12/h1,6-7,9-10H,4-5,8H2,2H3,(H2,19,20,21). The van der Waals surface area contributed by atoms with Crippen LogP contribution in [0.1, 0.15) is 18.4 Å². The molecule has 0 atom stereocenters. The van der Waals surface area contributed by atoms with Gasteiger partial charge in [0.1, 0.15) is 6.33 Å². The van der Waals surface area contributed by atoms with Crippen LogP contribution >= 0.6 is 23.4 Å². The zero-order valence-electron chi connectivity index (χ0n) is 13.2. The van der Waals surface area contributed by atoms with Crippen molar-refractivity contribution in [2.24, 2.45) is 0 Å². The summed E-state index contributed by atoms with van der Waals surface area (Å²) in [7, 11) is 0. The SMILES string of the molecule is C#CCCCn1c(Sc2ccc(Cl)c(C)c2)nc2c(N)ncnc21. The second-order valence-electron chi connectivity index (χ2n) is 5.30. The first-order valence-electron chi connectivity index (χ1n) is 7.44. The van der Waals surface area contributed by atoms with Crippen molar-refractivity contribution >= 4 is 40.3 Å². The number of fused-ring (bicyclic) bond motifs is 1. The number of aryl methyl sites for hydroxylation is 2. The van der Waals surface area contributed by atoms with E-state index in [1.807, 2.05) is 29.7 Å². The summed E-state index contributed by atoms with van der Waals surface area (Å²) in [6.45, 7) is 2.71. The van der Waals surface area contributed by atoms with Crippen molar-refractivity contribution in [1.82, 2.24) is 19.5 Å². The number of benzene rings is 1. The van der Waals surface area contributed by atoms with Crippen LogP contribution in [-0.4, -0.2) is 19.5 Å². The maximum absolute atomic E-state index is 6.10. The summed E-state index contributed by atoms with van der Waals surface area (Å²) in [5, 5.41) is 1.56. The van der Waals surface area contributed by atoms with Crippen LogP contribution < -0.4 is 5.73 Å². The summed E-state index contributed by atoms with van der Waals surface area (Å²) in [4.78, 5) is 14.0. The van der Waals surface area contributed by atoms with Gasteiger partial charge in [-0.25, -0.2) is 15.0 Å². The van der Waals surface area contributed by atoms with Crippen molar-refractivity contribution in [2.75, 3.05) is 5.73 Å². The van der Waals surface area contributed by atoms with Gasteiger partial charge in [-0.15, -0.1) is 12.3 Å². The number of nitrogen functional groups attached to an aromatic ring is 1. The molecular weight excluding hydrogens is 342 g/mol. The quantitative estimate of drug-likeness (QED) is 0.553. The normalized spacial score (nSPS) is 10.9. The average molecular weight is 358 g/mol. The molecule has 0 unspecified atom stereocenters. The number of imidazole rings is 1. The third kappa shape index (κ3) is 3.32. The summed E-state index contributed by atoms with van der Waals surface area (Å²) < 4.78 is 2.04. The second-order valence-corrected chi connectivity index (χ2v) is 6.75. The topological polar surface area (TPSA) is 69.6 Å². The lowest BCUT2D eigenvalue weighted by Crippen LogP contribution is -2.01. The first-order chi connectivity index (χ1) is 11.6. The Labute approximate surface area is 149 Å². The summed E-state index contributed by atoms with van der Waals surface area (Å²) in [6, 6.07) is 5.89. The molecule has 7 heteroatoms. The van der Waals surface area contributed by atoms with Gasteiger partial charge in [-0.3, -0.25) is 0 Å². The molecule has 3 rings (SSSR count). The van der Waals surface area contributed by atoms with E-state index in [1.54, 1.807) is 11.8 Å². The van der Waals surface area contributed by atoms with E-state index < -0.39 is 0 Å². The van der Waals surface area contributed by atoms with Gasteiger partial charge in [0.2, 0.25) is 0 Å². The van der Waals surface area contributed by atoms with Gasteiger partial charge in [0, 0.05) is 22.9 Å². The Kier molecular flexibility index (Phi) is 4.93. The third-order valence-corrected chi connectivity index (χ3v) is 4.97. The molecule has 122 valence electrons. The summed E-state index contributed by atoms with van der Waals surface area (Å²) in [5.74, 6) is 3.04. The van der Waals surface area contributed by atoms with E-state index in [1.165, 1.54) is 6.33 Å². The largest absolute Gasteiger partial charge is 0.382 e. The lowest BCUT2D eigenvalue weighted by atomic mass is 10.2. The minimum Gasteiger partial charge on any atom is -0.382 e. The van der Waals surface area contributed by atoms with Crippen molar-refractivity contribution in [3.05, 3.63) is 35.1 Å². The van der Waals surface area contributed by atoms with E-state index in [-0.39, 0.29) is 0 Å². The third-order valence-electron chi connectivity index (χ3n) is 3.57. The highest BCUT2D eigenvalue weighted by atomic mass is 35.5. The number of anilines is 1. The molecule has 3 aromatic rings. The predicted octanol–water partition coefficient (Wildman–Crippen LogP) is 3.93. The maximum atomic E-state index is 6.10. The Morgan fingerprint density at radius 1 is 1.38 bits per heavy atom. The molecule has 0 aliphatic heterocycles. The van der Waals surface area contributed by atoms with Crippen LogP contribution in [0.5, 0.6) is 0 Å². The first kappa shape index (κ1) is 16.6. The van der Waals surface area contributed by atoms with Crippen molar-refractivity contribution < 1.29 is 0 Å². The molecule has 0 saturated heterocycles. The predicted molar refractivity (Wildman–Crippen MR) is 98.1 cm³/mol. The summed E-state index contributed by atoms with van der Waals surface area (Å²) in [6.07, 6.45) is 8.36. The summed E-state index contributed by atoms with van der Waals surface area (Å²) >= 11 is 7.65. The van der Waals surface area contributed by atoms with Gasteiger partial charge in [0.25, 0.3) is 0 Å². The number of hydrogen-bond donors (Lipinski definition) is 1. The number of aromatic nitrogens is 4. The Morgan fingerprint density at radius 3 is 2.96 bits per heavy atom. The van der Waals surface area contributed by atoms with Gasteiger partial charge in [-0.05, 0) is 37.1 Å². The van der Waals surface area contributed by atoms with Crippen LogP contribution in [0.4, 0.5) is 5.82 Å². The van der Waals surface area contributed by atoms with E-state index in [9.17, 15) is 0 Å². The van der Waals surface area contributed by atoms with Crippen LogP contribution in [0.25, 0.3) is 11.2 Å². The van der Waals surface area contributed by atoms with Crippen molar-refractivity contribution in [3.63, 3.8) is 0 Å². The minimum absolute atomic E-state index is 0.379. The number of rotatable bonds is 5. The molecule has 2 aromatic heterocycles. The molecule has 0 fully saturated rings. The maximum Gasteiger partial charge on any atom is 0.175 e. The highest BCUT2D eigenvalue weighted by molar-refractivity contribution is 7.99. The van der Waals surface area contributed by atoms with Gasteiger partial charge in [0.15, 0.2) is 22.1 Å². The summed E-state index contributed by atoms with van der Waals surface area (Å²) in [5.41, 5.74) is 8.32. The zero-order chi connectivity index (χ0) is 17.1. The van der Waals surface area contributed by atoms with E-state index in [2.05, 4.69) is 20.9 Å². The number of terminal acetylenes is 1. The molecule has 0 saturated carbocycles. The van der Waals surface area contributed by atoms with Gasteiger partial charge in [-0.2, -0.15) is 0 Å². The monoisotopic (exact) mass is 357 g/mol. The number of nitrogens with two attached hydrogens (primary N) is 1. The fourth-order valence-electron chi connectivity index (χ4n) is 2.34. The molecule has 0 amide bonds. The molecule has 5 nitrogen and oxygen atoms in total. The van der Waals surface area contributed by atoms with Crippen LogP contribution in [0.15, 0.2) is 34.6 Å². The van der Waals surface area contributed by atoms with Crippen molar-refractivity contribution in [1.29, 1.82) is 0 Å². The number of hydrogen-bond acceptors (Lipinski definition) is 5. The van der Waals surface area contributed by atoms with Gasteiger partial charge in [-0.1, -0.05) is 23.4 Å². The van der Waals surface area contributed by atoms with Gasteiger partial charge < -0.3 is 10.3 Å². The van der Waals surface area contributed by atoms with Crippen molar-refractivity contribution in [2.45, 2.75) is 36.4 Å². The number of nitrogens with zero attached hydrogens (tertiary/aromatic N) is 4. The number of halogens is 1. The molecule has 2 heterocycles. The van der Waals surface area contributed by atoms with Gasteiger partial charge in [0.05, 0.1) is 0 Å². The highest BCUT2D eigenvalue weighted by Gasteiger charge is 2.15. The molecule has 0 aliphatic rings. The Balaban J connectivity index is 2.01. The smallest absolute Gasteiger partial charge is 0.175 e. The number of unbranched alkanes of at least 4 members (excludes halogenated alkanes) is 1. The lowest BCUT2D eigenvalue weighted by molar-refractivity contribution is 0.615. The molecule has 1 aromatic carbocycles. The highest BCUT2D eigenvalue weighted by Crippen LogP contribution is 2.32. The Hall–Kier alpha value is -2.23. The van der Waals surface area contributed by atoms with E-state index in [0.717, 1.165) is 39.3 Å².